The number of hydrogen-bond donors (Lipinski definition) is 0. The van der Waals surface area contributed by atoms with E-state index >= 15 is 0 Å². The van der Waals surface area contributed by atoms with Crippen molar-refractivity contribution in [2.75, 3.05) is 6.61 Å². The molecule has 5 nitrogen and oxygen atoms in total. The number of nitriles is 1. The van der Waals surface area contributed by atoms with Gasteiger partial charge in [-0.15, -0.1) is 11.3 Å². The van der Waals surface area contributed by atoms with Gasteiger partial charge in [-0.1, -0.05) is 11.8 Å². The van der Waals surface area contributed by atoms with Gasteiger partial charge in [-0.05, 0) is 19.9 Å². The molecule has 25 heavy (non-hydrogen) atoms. The average Bonchev–Trinajstić information content (AvgIpc) is 3.00. The largest absolute Gasteiger partial charge is 0.461 e. The summed E-state index contributed by atoms with van der Waals surface area (Å²) in [4.78, 5) is 19.7. The number of hydrogen-bond acceptors (Lipinski definition) is 7. The van der Waals surface area contributed by atoms with Crippen LogP contribution in [0.25, 0.3) is 0 Å². The number of ether oxygens (including phenoxy) is 1. The minimum atomic E-state index is -4.63. The van der Waals surface area contributed by atoms with E-state index in [9.17, 15) is 18.0 Å². The van der Waals surface area contributed by atoms with E-state index in [1.165, 1.54) is 6.92 Å². The molecule has 0 aliphatic rings. The van der Waals surface area contributed by atoms with Crippen molar-refractivity contribution in [3.05, 3.63) is 39.0 Å². The molecule has 0 radical (unpaired) electrons. The molecule has 0 amide bonds. The third kappa shape index (κ3) is 4.70. The number of aryl methyl sites for hydroxylation is 1. The summed E-state index contributed by atoms with van der Waals surface area (Å²) in [5.41, 5.74) is -0.849. The summed E-state index contributed by atoms with van der Waals surface area (Å²) < 4.78 is 44.1. The molecular formula is C15H12F3N3O2S2. The van der Waals surface area contributed by atoms with Gasteiger partial charge in [-0.3, -0.25) is 0 Å². The van der Waals surface area contributed by atoms with Crippen LogP contribution in [0, 0.1) is 18.3 Å². The van der Waals surface area contributed by atoms with Crippen molar-refractivity contribution in [1.82, 2.24) is 9.97 Å². The van der Waals surface area contributed by atoms with E-state index in [0.717, 1.165) is 29.2 Å². The first-order valence-electron chi connectivity index (χ1n) is 6.99. The van der Waals surface area contributed by atoms with Crippen LogP contribution in [-0.2, 0) is 16.7 Å². The Labute approximate surface area is 149 Å². The van der Waals surface area contributed by atoms with Crippen LogP contribution in [0.3, 0.4) is 0 Å². The molecule has 0 spiro atoms. The zero-order chi connectivity index (χ0) is 18.6. The average molecular weight is 387 g/mol. The van der Waals surface area contributed by atoms with Crippen molar-refractivity contribution in [2.24, 2.45) is 0 Å². The van der Waals surface area contributed by atoms with Gasteiger partial charge in [0.2, 0.25) is 5.01 Å². The van der Waals surface area contributed by atoms with Gasteiger partial charge in [0, 0.05) is 16.8 Å². The monoisotopic (exact) mass is 387 g/mol. The van der Waals surface area contributed by atoms with Crippen LogP contribution >= 0.6 is 23.1 Å². The van der Waals surface area contributed by atoms with Gasteiger partial charge in [0.25, 0.3) is 0 Å². The number of rotatable bonds is 5. The standard InChI is InChI=1S/C15H12F3N3O2S2/c1-3-23-14(22)13-21-9(7-25-13)6-24-12-10(5-19)11(15(16,17)18)4-8(2)20-12/h4,7H,3,6H2,1-2H3. The number of thiazole rings is 1. The van der Waals surface area contributed by atoms with Crippen molar-refractivity contribution < 1.29 is 22.7 Å². The lowest BCUT2D eigenvalue weighted by atomic mass is 10.1. The predicted molar refractivity (Wildman–Crippen MR) is 86.3 cm³/mol. The molecule has 132 valence electrons. The maximum atomic E-state index is 13.1. The van der Waals surface area contributed by atoms with Crippen molar-refractivity contribution in [3.63, 3.8) is 0 Å². The maximum absolute atomic E-state index is 13.1. The molecule has 0 aliphatic heterocycles. The number of halogens is 3. The van der Waals surface area contributed by atoms with Crippen LogP contribution < -0.4 is 0 Å². The summed E-state index contributed by atoms with van der Waals surface area (Å²) in [5.74, 6) is -0.368. The highest BCUT2D eigenvalue weighted by atomic mass is 32.2. The highest BCUT2D eigenvalue weighted by Gasteiger charge is 2.35. The third-order valence-corrected chi connectivity index (χ3v) is 4.77. The van der Waals surface area contributed by atoms with Crippen LogP contribution in [0.1, 0.15) is 39.2 Å². The number of esters is 1. The number of carbonyl (C=O) groups excluding carboxylic acids is 1. The lowest BCUT2D eigenvalue weighted by Crippen LogP contribution is -2.10. The Balaban J connectivity index is 2.23. The minimum absolute atomic E-state index is 0.0134. The minimum Gasteiger partial charge on any atom is -0.461 e. The van der Waals surface area contributed by atoms with Gasteiger partial charge in [0.05, 0.1) is 23.4 Å². The summed E-state index contributed by atoms with van der Waals surface area (Å²) in [6.45, 7) is 3.33. The summed E-state index contributed by atoms with van der Waals surface area (Å²) in [6, 6.07) is 2.43. The highest BCUT2D eigenvalue weighted by Crippen LogP contribution is 2.36. The first-order valence-corrected chi connectivity index (χ1v) is 8.86. The van der Waals surface area contributed by atoms with Crippen molar-refractivity contribution in [1.29, 1.82) is 5.26 Å². The molecular weight excluding hydrogens is 375 g/mol. The first kappa shape index (κ1) is 19.2. The normalized spacial score (nSPS) is 11.2. The van der Waals surface area contributed by atoms with Crippen LogP contribution in [0.2, 0.25) is 0 Å². The molecule has 2 heterocycles. The second-order valence-electron chi connectivity index (χ2n) is 4.75. The fourth-order valence-electron chi connectivity index (χ4n) is 1.88. The van der Waals surface area contributed by atoms with Gasteiger partial charge >= 0.3 is 12.1 Å². The number of nitrogens with zero attached hydrogens (tertiary/aromatic N) is 3. The van der Waals surface area contributed by atoms with Crippen LogP contribution in [0.4, 0.5) is 13.2 Å². The SMILES string of the molecule is CCOC(=O)c1nc(CSc2nc(C)cc(C(F)(F)F)c2C#N)cs1. The van der Waals surface area contributed by atoms with E-state index in [4.69, 9.17) is 10.00 Å². The van der Waals surface area contributed by atoms with Crippen molar-refractivity contribution >= 4 is 29.1 Å². The summed E-state index contributed by atoms with van der Waals surface area (Å²) >= 11 is 2.05. The molecule has 0 fully saturated rings. The summed E-state index contributed by atoms with van der Waals surface area (Å²) in [5, 5.41) is 10.9. The molecule has 0 unspecified atom stereocenters. The molecule has 0 bridgehead atoms. The molecule has 0 atom stereocenters. The molecule has 0 aromatic carbocycles. The van der Waals surface area contributed by atoms with Gasteiger partial charge in [-0.2, -0.15) is 18.4 Å². The van der Waals surface area contributed by atoms with Gasteiger partial charge < -0.3 is 4.74 Å². The Bertz CT molecular complexity index is 828. The number of pyridine rings is 1. The molecule has 0 saturated heterocycles. The quantitative estimate of drug-likeness (QED) is 0.565. The van der Waals surface area contributed by atoms with Crippen LogP contribution in [0.15, 0.2) is 16.5 Å². The Morgan fingerprint density at radius 2 is 2.16 bits per heavy atom. The summed E-state index contributed by atoms with van der Waals surface area (Å²) in [6.07, 6.45) is -4.63. The van der Waals surface area contributed by atoms with E-state index in [1.807, 2.05) is 0 Å². The van der Waals surface area contributed by atoms with Crippen molar-refractivity contribution in [3.8, 4) is 6.07 Å². The Morgan fingerprint density at radius 1 is 1.44 bits per heavy atom. The summed E-state index contributed by atoms with van der Waals surface area (Å²) in [7, 11) is 0. The fourth-order valence-corrected chi connectivity index (χ4v) is 3.64. The smallest absolute Gasteiger partial charge is 0.417 e. The molecule has 2 aromatic heterocycles. The van der Waals surface area contributed by atoms with E-state index in [1.54, 1.807) is 18.4 Å². The second kappa shape index (κ2) is 7.84. The molecule has 0 N–H and O–H groups in total. The number of carbonyl (C=O) groups is 1. The topological polar surface area (TPSA) is 75.9 Å². The number of thioether (sulfide) groups is 1. The van der Waals surface area contributed by atoms with Crippen LogP contribution in [-0.4, -0.2) is 22.5 Å². The second-order valence-corrected chi connectivity index (χ2v) is 6.58. The molecule has 2 rings (SSSR count). The molecule has 0 aliphatic carbocycles. The molecule has 0 saturated carbocycles. The fraction of sp³-hybridized carbons (Fsp3) is 0.333. The Kier molecular flexibility index (Phi) is 6.02. The lowest BCUT2D eigenvalue weighted by Gasteiger charge is -2.12. The van der Waals surface area contributed by atoms with Crippen molar-refractivity contribution in [2.45, 2.75) is 30.8 Å². The zero-order valence-electron chi connectivity index (χ0n) is 13.2. The van der Waals surface area contributed by atoms with E-state index in [0.29, 0.717) is 5.69 Å². The third-order valence-electron chi connectivity index (χ3n) is 2.89. The number of aromatic nitrogens is 2. The Hall–Kier alpha value is -2.12. The zero-order valence-corrected chi connectivity index (χ0v) is 14.8. The highest BCUT2D eigenvalue weighted by molar-refractivity contribution is 7.98. The maximum Gasteiger partial charge on any atom is 0.417 e. The van der Waals surface area contributed by atoms with Crippen LogP contribution in [0.5, 0.6) is 0 Å². The molecule has 10 heteroatoms. The predicted octanol–water partition coefficient (Wildman–Crippen LogP) is 4.21. The van der Waals surface area contributed by atoms with Gasteiger partial charge in [-0.25, -0.2) is 14.8 Å². The Morgan fingerprint density at radius 3 is 2.76 bits per heavy atom. The first-order chi connectivity index (χ1) is 11.8. The molecule has 2 aromatic rings. The van der Waals surface area contributed by atoms with E-state index in [2.05, 4.69) is 9.97 Å². The number of alkyl halides is 3. The van der Waals surface area contributed by atoms with Gasteiger partial charge in [0.1, 0.15) is 11.1 Å². The lowest BCUT2D eigenvalue weighted by molar-refractivity contribution is -0.138. The van der Waals surface area contributed by atoms with Gasteiger partial charge in [0.15, 0.2) is 0 Å². The van der Waals surface area contributed by atoms with E-state index < -0.39 is 23.3 Å². The van der Waals surface area contributed by atoms with E-state index in [-0.39, 0.29) is 28.1 Å².